The molecular weight excluding hydrogens is 544 g/mol. The highest BCUT2D eigenvalue weighted by Crippen LogP contribution is 2.65. The van der Waals surface area contributed by atoms with Crippen LogP contribution in [0.2, 0.25) is 0 Å². The lowest BCUT2D eigenvalue weighted by Crippen LogP contribution is -2.52. The van der Waals surface area contributed by atoms with Gasteiger partial charge in [-0.25, -0.2) is 9.59 Å². The van der Waals surface area contributed by atoms with Crippen LogP contribution in [0.1, 0.15) is 66.7 Å². The van der Waals surface area contributed by atoms with Crippen LogP contribution in [0.4, 0.5) is 0 Å². The van der Waals surface area contributed by atoms with Crippen LogP contribution in [-0.4, -0.2) is 60.4 Å². The maximum absolute atomic E-state index is 14.2. The van der Waals surface area contributed by atoms with Crippen molar-refractivity contribution >= 4 is 29.7 Å². The summed E-state index contributed by atoms with van der Waals surface area (Å²) in [5, 5.41) is 9.94. The second-order valence-corrected chi connectivity index (χ2v) is 12.8. The molecule has 2 fully saturated rings. The molecule has 1 saturated carbocycles. The lowest BCUT2D eigenvalue weighted by Gasteiger charge is -2.53. The normalized spacial score (nSPS) is 40.2. The highest BCUT2D eigenvalue weighted by atomic mass is 16.6. The molecule has 0 spiro atoms. The van der Waals surface area contributed by atoms with E-state index in [1.54, 1.807) is 26.0 Å². The Morgan fingerprint density at radius 1 is 1.17 bits per heavy atom. The zero-order valence-electron chi connectivity index (χ0n) is 24.9. The molecule has 226 valence electrons. The first-order valence-electron chi connectivity index (χ1n) is 14.4. The Morgan fingerprint density at radius 3 is 2.50 bits per heavy atom. The van der Waals surface area contributed by atoms with Crippen LogP contribution in [0.5, 0.6) is 0 Å². The van der Waals surface area contributed by atoms with Gasteiger partial charge in [0.25, 0.3) is 0 Å². The van der Waals surface area contributed by atoms with E-state index in [4.69, 9.17) is 18.9 Å². The first kappa shape index (κ1) is 29.9. The summed E-state index contributed by atoms with van der Waals surface area (Å²) in [6.07, 6.45) is 4.26. The van der Waals surface area contributed by atoms with Crippen LogP contribution >= 0.6 is 0 Å². The van der Waals surface area contributed by atoms with Crippen LogP contribution in [0.25, 0.3) is 0 Å². The number of carbonyl (C=O) groups excluding carboxylic acids is 5. The molecule has 5 rings (SSSR count). The molecule has 0 aromatic carbocycles. The van der Waals surface area contributed by atoms with Gasteiger partial charge in [0.05, 0.1) is 19.1 Å². The lowest BCUT2D eigenvalue weighted by atomic mass is 9.52. The van der Waals surface area contributed by atoms with E-state index >= 15 is 0 Å². The third-order valence-corrected chi connectivity index (χ3v) is 10.7. The topological polar surface area (TPSA) is 142 Å². The summed E-state index contributed by atoms with van der Waals surface area (Å²) in [4.78, 5) is 65.6. The Balaban J connectivity index is 1.71. The minimum Gasteiger partial charge on any atom is -0.469 e. The first-order valence-corrected chi connectivity index (χ1v) is 14.4. The largest absolute Gasteiger partial charge is 0.469 e. The van der Waals surface area contributed by atoms with Gasteiger partial charge in [0.2, 0.25) is 6.29 Å². The molecule has 2 heterocycles. The van der Waals surface area contributed by atoms with Gasteiger partial charge in [0.15, 0.2) is 0 Å². The van der Waals surface area contributed by atoms with E-state index in [0.29, 0.717) is 18.4 Å². The highest BCUT2D eigenvalue weighted by Gasteiger charge is 2.66. The predicted molar refractivity (Wildman–Crippen MR) is 147 cm³/mol. The summed E-state index contributed by atoms with van der Waals surface area (Å²) in [5.74, 6) is -3.21. The molecule has 42 heavy (non-hydrogen) atoms. The number of aliphatic hydroxyl groups excluding tert-OH is 1. The van der Waals surface area contributed by atoms with Gasteiger partial charge in [-0.05, 0) is 61.8 Å². The van der Waals surface area contributed by atoms with Crippen molar-refractivity contribution in [2.75, 3.05) is 7.11 Å². The van der Waals surface area contributed by atoms with Crippen molar-refractivity contribution in [2.45, 2.75) is 85.2 Å². The molecule has 1 N–H and O–H groups in total. The standard InChI is InChI=1S/C32H38O10/c1-7-16(2)28(37)40-23-9-8-17-19(32(5)21(14-24(34)39-6)31(23,4)15-22(32)33)10-11-30(3)20(17)13-26(36)41-27(30)18-12-25(35)42-29(18)38/h7-9,12,19,21,23,25,27,35H,10-11,13-15H2,1-6H3/b9-8-,16-7+/t19-,21-,23+,25?,27-,30+,31+,32+/m0/s1. The molecule has 2 bridgehead atoms. The van der Waals surface area contributed by atoms with Crippen molar-refractivity contribution in [1.82, 2.24) is 0 Å². The maximum atomic E-state index is 14.2. The van der Waals surface area contributed by atoms with Crippen LogP contribution in [-0.2, 0) is 42.9 Å². The minimum absolute atomic E-state index is 0.0433. The van der Waals surface area contributed by atoms with Crippen LogP contribution in [0.3, 0.4) is 0 Å². The molecule has 2 aliphatic heterocycles. The molecule has 0 aromatic heterocycles. The average molecular weight is 583 g/mol. The Kier molecular flexibility index (Phi) is 7.36. The quantitative estimate of drug-likeness (QED) is 0.291. The number of ketones is 1. The second-order valence-electron chi connectivity index (χ2n) is 12.8. The molecule has 0 aromatic rings. The van der Waals surface area contributed by atoms with E-state index in [1.165, 1.54) is 13.2 Å². The molecule has 0 radical (unpaired) electrons. The van der Waals surface area contributed by atoms with Crippen molar-refractivity contribution in [3.8, 4) is 0 Å². The molecule has 3 aliphatic carbocycles. The van der Waals surface area contributed by atoms with Gasteiger partial charge in [-0.2, -0.15) is 0 Å². The molecule has 1 unspecified atom stereocenters. The minimum atomic E-state index is -1.42. The van der Waals surface area contributed by atoms with Crippen molar-refractivity contribution in [3.63, 3.8) is 0 Å². The molecule has 5 aliphatic rings. The Bertz CT molecular complexity index is 1380. The number of Topliss-reactive ketones (excluding diaryl/α,β-unsaturated/α-hetero) is 1. The van der Waals surface area contributed by atoms with E-state index in [1.807, 2.05) is 26.8 Å². The maximum Gasteiger partial charge on any atom is 0.340 e. The number of aliphatic hydroxyl groups is 1. The first-order chi connectivity index (χ1) is 19.7. The van der Waals surface area contributed by atoms with Crippen molar-refractivity contribution in [3.05, 3.63) is 46.6 Å². The van der Waals surface area contributed by atoms with Gasteiger partial charge < -0.3 is 24.1 Å². The smallest absolute Gasteiger partial charge is 0.340 e. The summed E-state index contributed by atoms with van der Waals surface area (Å²) >= 11 is 0. The number of cyclic esters (lactones) is 2. The third-order valence-electron chi connectivity index (χ3n) is 10.7. The fourth-order valence-electron chi connectivity index (χ4n) is 8.09. The van der Waals surface area contributed by atoms with Crippen LogP contribution in [0, 0.1) is 28.1 Å². The average Bonchev–Trinajstić information content (AvgIpc) is 3.38. The summed E-state index contributed by atoms with van der Waals surface area (Å²) in [6, 6.07) is 0. The zero-order valence-corrected chi connectivity index (χ0v) is 24.9. The SMILES string of the molecule is C/C=C(\C)C(=O)O[C@@H]1/C=C\C2=C3CC(=O)O[C@@H](C4=CC(O)OC4=O)[C@]3(C)CC[C@@H]2[C@@]2(C)C(=O)C[C@]1(C)[C@@H]2CC(=O)OC. The Morgan fingerprint density at radius 2 is 1.88 bits per heavy atom. The van der Waals surface area contributed by atoms with E-state index in [0.717, 1.165) is 11.1 Å². The number of fused-ring (bicyclic) bond motifs is 5. The van der Waals surface area contributed by atoms with Gasteiger partial charge in [-0.1, -0.05) is 32.9 Å². The number of allylic oxidation sites excluding steroid dienone is 3. The number of ether oxygens (including phenoxy) is 4. The van der Waals surface area contributed by atoms with Gasteiger partial charge in [-0.3, -0.25) is 14.4 Å². The van der Waals surface area contributed by atoms with Crippen molar-refractivity contribution < 1.29 is 48.0 Å². The molecule has 10 nitrogen and oxygen atoms in total. The lowest BCUT2D eigenvalue weighted by molar-refractivity contribution is -0.161. The fourth-order valence-corrected chi connectivity index (χ4v) is 8.09. The Labute approximate surface area is 244 Å². The van der Waals surface area contributed by atoms with Crippen LogP contribution in [0.15, 0.2) is 46.6 Å². The van der Waals surface area contributed by atoms with Gasteiger partial charge in [-0.15, -0.1) is 0 Å². The highest BCUT2D eigenvalue weighted by molar-refractivity contribution is 5.94. The molecule has 10 heteroatoms. The predicted octanol–water partition coefficient (Wildman–Crippen LogP) is 3.43. The molecular formula is C32H38O10. The summed E-state index contributed by atoms with van der Waals surface area (Å²) in [6.45, 7) is 9.06. The summed E-state index contributed by atoms with van der Waals surface area (Å²) < 4.78 is 21.7. The van der Waals surface area contributed by atoms with Crippen molar-refractivity contribution in [1.29, 1.82) is 0 Å². The van der Waals surface area contributed by atoms with E-state index in [-0.39, 0.29) is 36.5 Å². The number of esters is 4. The second kappa shape index (κ2) is 10.3. The molecule has 8 atom stereocenters. The fraction of sp³-hybridized carbons (Fsp3) is 0.594. The summed E-state index contributed by atoms with van der Waals surface area (Å²) in [7, 11) is 1.30. The third kappa shape index (κ3) is 4.37. The van der Waals surface area contributed by atoms with E-state index in [2.05, 4.69) is 0 Å². The van der Waals surface area contributed by atoms with Crippen molar-refractivity contribution in [2.24, 2.45) is 28.1 Å². The Hall–Kier alpha value is -3.53. The number of rotatable bonds is 5. The molecule has 0 amide bonds. The number of hydrogen-bond donors (Lipinski definition) is 1. The molecule has 1 saturated heterocycles. The number of methoxy groups -OCH3 is 1. The summed E-state index contributed by atoms with van der Waals surface area (Å²) in [5.41, 5.74) is -0.787. The van der Waals surface area contributed by atoms with E-state index in [9.17, 15) is 29.1 Å². The monoisotopic (exact) mass is 582 g/mol. The van der Waals surface area contributed by atoms with Crippen LogP contribution < -0.4 is 0 Å². The number of carbonyl (C=O) groups is 5. The number of hydrogen-bond acceptors (Lipinski definition) is 10. The van der Waals surface area contributed by atoms with E-state index < -0.39 is 64.5 Å². The van der Waals surface area contributed by atoms with Gasteiger partial charge >= 0.3 is 23.9 Å². The van der Waals surface area contributed by atoms with Gasteiger partial charge in [0.1, 0.15) is 18.0 Å². The zero-order chi connectivity index (χ0) is 30.8. The van der Waals surface area contributed by atoms with Gasteiger partial charge in [0, 0.05) is 34.7 Å².